The number of aryl methyl sites for hydroxylation is 1. The Balaban J connectivity index is 1.59. The summed E-state index contributed by atoms with van der Waals surface area (Å²) in [6.45, 7) is 5.09. The highest BCUT2D eigenvalue weighted by molar-refractivity contribution is 7.22. The zero-order chi connectivity index (χ0) is 21.7. The lowest BCUT2D eigenvalue weighted by atomic mass is 10.1. The molecule has 0 bridgehead atoms. The van der Waals surface area contributed by atoms with Crippen LogP contribution in [0.2, 0.25) is 0 Å². The number of hydrogen-bond donors (Lipinski definition) is 1. The van der Waals surface area contributed by atoms with Gasteiger partial charge in [-0.05, 0) is 56.6 Å². The van der Waals surface area contributed by atoms with Crippen LogP contribution in [0.3, 0.4) is 0 Å². The Labute approximate surface area is 186 Å². The number of nitrogen functional groups attached to an aromatic ring is 1. The van der Waals surface area contributed by atoms with Crippen LogP contribution >= 0.6 is 11.3 Å². The molecule has 1 unspecified atom stereocenters. The minimum atomic E-state index is 0.504. The second-order valence-electron chi connectivity index (χ2n) is 8.59. The summed E-state index contributed by atoms with van der Waals surface area (Å²) in [5, 5.41) is 5.74. The average molecular weight is 437 g/mol. The maximum absolute atomic E-state index is 6.34. The molecule has 5 rings (SSSR count). The second kappa shape index (κ2) is 7.78. The number of likely N-dealkylation sites (tertiary alicyclic amines) is 1. The Hall–Kier alpha value is -2.68. The molecule has 0 amide bonds. The van der Waals surface area contributed by atoms with E-state index in [-0.39, 0.29) is 0 Å². The van der Waals surface area contributed by atoms with E-state index in [1.165, 1.54) is 17.4 Å². The van der Waals surface area contributed by atoms with Gasteiger partial charge >= 0.3 is 0 Å². The highest BCUT2D eigenvalue weighted by atomic mass is 32.1. The predicted octanol–water partition coefficient (Wildman–Crippen LogP) is 3.65. The van der Waals surface area contributed by atoms with Gasteiger partial charge in [0.05, 0.1) is 17.5 Å². The van der Waals surface area contributed by atoms with Crippen LogP contribution in [-0.2, 0) is 6.54 Å². The quantitative estimate of drug-likeness (QED) is 0.515. The first-order valence-corrected chi connectivity index (χ1v) is 11.3. The van der Waals surface area contributed by atoms with Gasteiger partial charge in [-0.3, -0.25) is 4.90 Å². The maximum Gasteiger partial charge on any atom is 0.152 e. The van der Waals surface area contributed by atoms with E-state index in [0.29, 0.717) is 11.9 Å². The molecule has 1 aliphatic rings. The molecule has 162 valence electrons. The predicted molar refractivity (Wildman–Crippen MR) is 127 cm³/mol. The van der Waals surface area contributed by atoms with Crippen molar-refractivity contribution in [1.82, 2.24) is 24.4 Å². The number of nitrogens with two attached hydrogens (primary N) is 1. The second-order valence-corrected chi connectivity index (χ2v) is 9.64. The van der Waals surface area contributed by atoms with E-state index >= 15 is 0 Å². The van der Waals surface area contributed by atoms with Crippen LogP contribution in [0.1, 0.15) is 17.7 Å². The molecule has 0 spiro atoms. The topological polar surface area (TPSA) is 71.9 Å². The fourth-order valence-corrected chi connectivity index (χ4v) is 5.74. The number of thiophene rings is 1. The molecule has 4 heterocycles. The Morgan fingerprint density at radius 2 is 2.10 bits per heavy atom. The Bertz CT molecular complexity index is 1260. The first kappa shape index (κ1) is 20.2. The number of rotatable bonds is 5. The Morgan fingerprint density at radius 3 is 2.84 bits per heavy atom. The summed E-state index contributed by atoms with van der Waals surface area (Å²) in [5.74, 6) is 1.41. The molecule has 1 fully saturated rings. The molecule has 8 heteroatoms. The fraction of sp³-hybridized carbons (Fsp3) is 0.391. The number of likely N-dealkylation sites (N-methyl/N-ethyl adjacent to an activating group) is 1. The summed E-state index contributed by atoms with van der Waals surface area (Å²) in [6, 6.07) is 9.33. The molecule has 0 aliphatic carbocycles. The average Bonchev–Trinajstić information content (AvgIpc) is 3.45. The summed E-state index contributed by atoms with van der Waals surface area (Å²) in [7, 11) is 6.04. The standard InChI is InChI=1S/C23H28N6OS/c1-14-7-15-9-20(31-22(15)19(8-14)30-4)18-10-17(29-21(18)23(24)25-13-26-29)12-28-6-5-16(11-28)27(2)3/h7-10,13,16H,5-6,11-12H2,1-4H3,(H2,24,25,26). The van der Waals surface area contributed by atoms with Crippen molar-refractivity contribution in [2.75, 3.05) is 40.0 Å². The number of aromatic nitrogens is 3. The van der Waals surface area contributed by atoms with Gasteiger partial charge in [-0.15, -0.1) is 11.3 Å². The molecule has 1 aliphatic heterocycles. The van der Waals surface area contributed by atoms with Gasteiger partial charge < -0.3 is 15.4 Å². The highest BCUT2D eigenvalue weighted by Gasteiger charge is 2.26. The van der Waals surface area contributed by atoms with Crippen LogP contribution in [0.5, 0.6) is 5.75 Å². The minimum absolute atomic E-state index is 0.504. The van der Waals surface area contributed by atoms with Crippen molar-refractivity contribution in [2.45, 2.75) is 25.9 Å². The lowest BCUT2D eigenvalue weighted by molar-refractivity contribution is 0.262. The molecule has 0 saturated carbocycles. The van der Waals surface area contributed by atoms with Crippen molar-refractivity contribution in [2.24, 2.45) is 0 Å². The molecule has 1 atom stereocenters. The monoisotopic (exact) mass is 436 g/mol. The SMILES string of the molecule is COc1cc(C)cc2cc(-c3cc(CN4CCC(N(C)C)C4)n4ncnc(N)c34)sc12. The van der Waals surface area contributed by atoms with Gasteiger partial charge in [-0.1, -0.05) is 6.07 Å². The molecular weight excluding hydrogens is 408 g/mol. The largest absolute Gasteiger partial charge is 0.495 e. The first-order chi connectivity index (χ1) is 14.9. The van der Waals surface area contributed by atoms with Crippen LogP contribution in [0.4, 0.5) is 5.82 Å². The van der Waals surface area contributed by atoms with Gasteiger partial charge in [0.15, 0.2) is 5.82 Å². The van der Waals surface area contributed by atoms with E-state index in [9.17, 15) is 0 Å². The maximum atomic E-state index is 6.34. The van der Waals surface area contributed by atoms with Crippen LogP contribution in [0.25, 0.3) is 26.0 Å². The number of methoxy groups -OCH3 is 1. The number of anilines is 1. The fourth-order valence-electron chi connectivity index (χ4n) is 4.59. The summed E-state index contributed by atoms with van der Waals surface area (Å²) in [4.78, 5) is 10.2. The van der Waals surface area contributed by atoms with Crippen LogP contribution in [0, 0.1) is 6.92 Å². The van der Waals surface area contributed by atoms with Gasteiger partial charge in [0.1, 0.15) is 17.6 Å². The molecule has 3 aromatic heterocycles. The van der Waals surface area contributed by atoms with E-state index in [0.717, 1.165) is 51.7 Å². The zero-order valence-corrected chi connectivity index (χ0v) is 19.2. The number of hydrogen-bond acceptors (Lipinski definition) is 7. The molecule has 31 heavy (non-hydrogen) atoms. The molecule has 0 radical (unpaired) electrons. The van der Waals surface area contributed by atoms with Gasteiger partial charge in [-0.2, -0.15) is 5.10 Å². The van der Waals surface area contributed by atoms with Crippen molar-refractivity contribution >= 4 is 32.8 Å². The molecular formula is C23H28N6OS. The molecule has 1 aromatic carbocycles. The third-order valence-corrected chi connectivity index (χ3v) is 7.43. The summed E-state index contributed by atoms with van der Waals surface area (Å²) < 4.78 is 8.75. The van der Waals surface area contributed by atoms with Crippen LogP contribution in [0.15, 0.2) is 30.6 Å². The van der Waals surface area contributed by atoms with Crippen molar-refractivity contribution in [3.63, 3.8) is 0 Å². The molecule has 1 saturated heterocycles. The van der Waals surface area contributed by atoms with Gasteiger partial charge in [0, 0.05) is 36.1 Å². The van der Waals surface area contributed by atoms with Crippen molar-refractivity contribution in [3.05, 3.63) is 41.9 Å². The number of benzene rings is 1. The zero-order valence-electron chi connectivity index (χ0n) is 18.4. The van der Waals surface area contributed by atoms with Crippen molar-refractivity contribution in [3.8, 4) is 16.2 Å². The van der Waals surface area contributed by atoms with E-state index < -0.39 is 0 Å². The van der Waals surface area contributed by atoms with E-state index in [1.807, 2.05) is 4.52 Å². The van der Waals surface area contributed by atoms with E-state index in [4.69, 9.17) is 10.5 Å². The van der Waals surface area contributed by atoms with Crippen molar-refractivity contribution in [1.29, 1.82) is 0 Å². The summed E-state index contributed by atoms with van der Waals surface area (Å²) in [5.41, 5.74) is 10.6. The number of fused-ring (bicyclic) bond motifs is 2. The molecule has 4 aromatic rings. The third kappa shape index (κ3) is 3.54. The Kier molecular flexibility index (Phi) is 5.08. The third-order valence-electron chi connectivity index (χ3n) is 6.23. The summed E-state index contributed by atoms with van der Waals surface area (Å²) >= 11 is 1.72. The molecule has 2 N–H and O–H groups in total. The van der Waals surface area contributed by atoms with Gasteiger partial charge in [0.25, 0.3) is 0 Å². The smallest absolute Gasteiger partial charge is 0.152 e. The highest BCUT2D eigenvalue weighted by Crippen LogP contribution is 2.42. The minimum Gasteiger partial charge on any atom is -0.495 e. The molecule has 7 nitrogen and oxygen atoms in total. The van der Waals surface area contributed by atoms with Gasteiger partial charge in [0.2, 0.25) is 0 Å². The van der Waals surface area contributed by atoms with Gasteiger partial charge in [-0.25, -0.2) is 9.50 Å². The number of nitrogens with zero attached hydrogens (tertiary/aromatic N) is 5. The lowest BCUT2D eigenvalue weighted by Gasteiger charge is -2.20. The van der Waals surface area contributed by atoms with Crippen LogP contribution < -0.4 is 10.5 Å². The van der Waals surface area contributed by atoms with Crippen molar-refractivity contribution < 1.29 is 4.74 Å². The Morgan fingerprint density at radius 1 is 1.26 bits per heavy atom. The summed E-state index contributed by atoms with van der Waals surface area (Å²) in [6.07, 6.45) is 2.73. The van der Waals surface area contributed by atoms with Crippen LogP contribution in [-0.4, -0.2) is 64.7 Å². The number of ether oxygens (including phenoxy) is 1. The van der Waals surface area contributed by atoms with E-state index in [2.05, 4.69) is 65.2 Å². The lowest BCUT2D eigenvalue weighted by Crippen LogP contribution is -2.31. The van der Waals surface area contributed by atoms with E-state index in [1.54, 1.807) is 24.8 Å². The normalized spacial score (nSPS) is 17.4. The first-order valence-electron chi connectivity index (χ1n) is 10.5.